The van der Waals surface area contributed by atoms with Crippen molar-refractivity contribution in [2.75, 3.05) is 26.4 Å². The highest BCUT2D eigenvalue weighted by Crippen LogP contribution is 2.29. The molecule has 0 bridgehead atoms. The quantitative estimate of drug-likeness (QED) is 0.302. The first-order chi connectivity index (χ1) is 16.9. The third kappa shape index (κ3) is 6.77. The highest BCUT2D eigenvalue weighted by atomic mass is 16.5. The van der Waals surface area contributed by atoms with Crippen LogP contribution in [0.2, 0.25) is 0 Å². The Morgan fingerprint density at radius 3 is 2.60 bits per heavy atom. The third-order valence-electron chi connectivity index (χ3n) is 6.18. The molecule has 0 aliphatic carbocycles. The third-order valence-corrected chi connectivity index (χ3v) is 6.18. The number of amides is 1. The molecule has 190 valence electrons. The van der Waals surface area contributed by atoms with E-state index in [0.717, 1.165) is 46.5 Å². The number of nitrogens with one attached hydrogen (secondary N) is 1. The molecule has 0 saturated heterocycles. The van der Waals surface area contributed by atoms with Crippen LogP contribution < -0.4 is 20.5 Å². The molecule has 0 saturated carbocycles. The molecular weight excluding hydrogens is 442 g/mol. The van der Waals surface area contributed by atoms with Gasteiger partial charge in [0.25, 0.3) is 5.91 Å². The van der Waals surface area contributed by atoms with Crippen molar-refractivity contribution in [3.63, 3.8) is 0 Å². The Labute approximate surface area is 208 Å². The van der Waals surface area contributed by atoms with Crippen LogP contribution in [0.1, 0.15) is 54.4 Å². The minimum Gasteiger partial charge on any atom is -0.490 e. The Morgan fingerprint density at radius 1 is 1.11 bits per heavy atom. The van der Waals surface area contributed by atoms with E-state index in [9.17, 15) is 9.90 Å². The zero-order valence-corrected chi connectivity index (χ0v) is 21.4. The first-order valence-corrected chi connectivity index (χ1v) is 12.5. The number of carbonyl (C=O) groups is 1. The number of aryl methyl sites for hydroxylation is 3. The summed E-state index contributed by atoms with van der Waals surface area (Å²) in [6, 6.07) is 12.4. The predicted octanol–water partition coefficient (Wildman–Crippen LogP) is 3.99. The van der Waals surface area contributed by atoms with Crippen molar-refractivity contribution >= 4 is 16.8 Å². The van der Waals surface area contributed by atoms with Gasteiger partial charge >= 0.3 is 0 Å². The molecule has 0 spiro atoms. The maximum Gasteiger partial charge on any atom is 0.250 e. The number of carbonyl (C=O) groups excluding carboxylic acids is 1. The van der Waals surface area contributed by atoms with Crippen LogP contribution in [-0.4, -0.2) is 48.0 Å². The summed E-state index contributed by atoms with van der Waals surface area (Å²) in [4.78, 5) is 12.3. The first-order valence-electron chi connectivity index (χ1n) is 12.5. The minimum atomic E-state index is -0.437. The van der Waals surface area contributed by atoms with Crippen molar-refractivity contribution < 1.29 is 19.4 Å². The van der Waals surface area contributed by atoms with Crippen LogP contribution in [-0.2, 0) is 19.4 Å². The molecule has 1 aromatic heterocycles. The molecule has 0 radical (unpaired) electrons. The molecule has 0 aliphatic rings. The predicted molar refractivity (Wildman–Crippen MR) is 141 cm³/mol. The number of nitrogens with zero attached hydrogens (tertiary/aromatic N) is 1. The summed E-state index contributed by atoms with van der Waals surface area (Å²) < 4.78 is 13.8. The second-order valence-corrected chi connectivity index (χ2v) is 8.94. The molecule has 0 unspecified atom stereocenters. The van der Waals surface area contributed by atoms with Crippen LogP contribution in [0.15, 0.2) is 36.4 Å². The maximum absolute atomic E-state index is 12.3. The van der Waals surface area contributed by atoms with E-state index in [1.54, 1.807) is 0 Å². The van der Waals surface area contributed by atoms with Crippen LogP contribution in [0.4, 0.5) is 0 Å². The van der Waals surface area contributed by atoms with Crippen molar-refractivity contribution in [2.24, 2.45) is 5.73 Å². The summed E-state index contributed by atoms with van der Waals surface area (Å²) in [5.41, 5.74) is 10.4. The maximum atomic E-state index is 12.3. The van der Waals surface area contributed by atoms with Gasteiger partial charge in [-0.1, -0.05) is 13.0 Å². The van der Waals surface area contributed by atoms with Gasteiger partial charge in [-0.25, -0.2) is 0 Å². The number of rotatable bonds is 14. The number of fused-ring (bicyclic) bond motifs is 1. The van der Waals surface area contributed by atoms with Crippen molar-refractivity contribution in [3.8, 4) is 11.5 Å². The van der Waals surface area contributed by atoms with Crippen molar-refractivity contribution in [2.45, 2.75) is 59.5 Å². The average molecular weight is 482 g/mol. The van der Waals surface area contributed by atoms with Crippen molar-refractivity contribution in [1.29, 1.82) is 0 Å². The summed E-state index contributed by atoms with van der Waals surface area (Å²) in [5.74, 6) is 1.11. The van der Waals surface area contributed by atoms with Crippen LogP contribution >= 0.6 is 0 Å². The molecule has 1 amide bonds. The van der Waals surface area contributed by atoms with Gasteiger partial charge < -0.3 is 30.2 Å². The highest BCUT2D eigenvalue weighted by molar-refractivity contribution is 6.05. The lowest BCUT2D eigenvalue weighted by Gasteiger charge is -2.17. The van der Waals surface area contributed by atoms with Crippen LogP contribution in [0, 0.1) is 6.92 Å². The SMILES string of the molecule is CCOc1cc(CC)ccc1OCCN[C@H](C)Cc1cc(C(N)=O)c2c(c1)cc(C)n2CCCO. The number of aliphatic hydroxyl groups excluding tert-OH is 1. The van der Waals surface area contributed by atoms with Gasteiger partial charge in [-0.3, -0.25) is 4.79 Å². The van der Waals surface area contributed by atoms with E-state index in [2.05, 4.69) is 41.9 Å². The summed E-state index contributed by atoms with van der Waals surface area (Å²) >= 11 is 0. The number of aromatic nitrogens is 1. The summed E-state index contributed by atoms with van der Waals surface area (Å²) in [5, 5.41) is 13.7. The van der Waals surface area contributed by atoms with Crippen molar-refractivity contribution in [3.05, 3.63) is 58.8 Å². The van der Waals surface area contributed by atoms with Gasteiger partial charge in [0.15, 0.2) is 11.5 Å². The van der Waals surface area contributed by atoms with Gasteiger partial charge in [0, 0.05) is 36.8 Å². The molecule has 0 aliphatic heterocycles. The highest BCUT2D eigenvalue weighted by Gasteiger charge is 2.16. The molecule has 2 aromatic carbocycles. The van der Waals surface area contributed by atoms with Gasteiger partial charge in [-0.2, -0.15) is 0 Å². The number of hydrogen-bond acceptors (Lipinski definition) is 5. The fourth-order valence-corrected chi connectivity index (χ4v) is 4.48. The van der Waals surface area contributed by atoms with Crippen molar-refractivity contribution in [1.82, 2.24) is 9.88 Å². The van der Waals surface area contributed by atoms with E-state index >= 15 is 0 Å². The van der Waals surface area contributed by atoms with Crippen LogP contribution in [0.5, 0.6) is 11.5 Å². The molecular formula is C28H39N3O4. The van der Waals surface area contributed by atoms with Gasteiger partial charge in [0.05, 0.1) is 17.7 Å². The van der Waals surface area contributed by atoms with Gasteiger partial charge in [-0.15, -0.1) is 0 Å². The Morgan fingerprint density at radius 2 is 1.91 bits per heavy atom. The lowest BCUT2D eigenvalue weighted by molar-refractivity contribution is 0.100. The average Bonchev–Trinajstić information content (AvgIpc) is 3.15. The lowest BCUT2D eigenvalue weighted by atomic mass is 10.0. The summed E-state index contributed by atoms with van der Waals surface area (Å²) in [7, 11) is 0. The normalized spacial score (nSPS) is 12.1. The largest absolute Gasteiger partial charge is 0.490 e. The number of benzene rings is 2. The van der Waals surface area contributed by atoms with Crippen LogP contribution in [0.25, 0.3) is 10.9 Å². The van der Waals surface area contributed by atoms with Gasteiger partial charge in [0.2, 0.25) is 0 Å². The number of primary amides is 1. The molecule has 35 heavy (non-hydrogen) atoms. The lowest BCUT2D eigenvalue weighted by Crippen LogP contribution is -2.32. The molecule has 7 heteroatoms. The number of ether oxygens (including phenoxy) is 2. The Balaban J connectivity index is 1.63. The number of aliphatic hydroxyl groups is 1. The van der Waals surface area contributed by atoms with Gasteiger partial charge in [0.1, 0.15) is 6.61 Å². The molecule has 4 N–H and O–H groups in total. The second-order valence-electron chi connectivity index (χ2n) is 8.94. The Bertz CT molecular complexity index is 1140. The number of nitrogens with two attached hydrogens (primary N) is 1. The van der Waals surface area contributed by atoms with Crippen LogP contribution in [0.3, 0.4) is 0 Å². The minimum absolute atomic E-state index is 0.104. The molecule has 3 aromatic rings. The monoisotopic (exact) mass is 481 g/mol. The second kappa shape index (κ2) is 12.6. The molecule has 7 nitrogen and oxygen atoms in total. The Hall–Kier alpha value is -3.03. The van der Waals surface area contributed by atoms with E-state index in [0.29, 0.717) is 38.3 Å². The van der Waals surface area contributed by atoms with E-state index in [1.807, 2.05) is 32.0 Å². The van der Waals surface area contributed by atoms with E-state index in [-0.39, 0.29) is 12.6 Å². The summed E-state index contributed by atoms with van der Waals surface area (Å²) in [6.07, 6.45) is 2.34. The fourth-order valence-electron chi connectivity index (χ4n) is 4.48. The molecule has 1 atom stereocenters. The standard InChI is InChI=1S/C28H39N3O4/c1-5-21-8-9-25(26(18-21)34-6-2)35-13-10-30-19(3)14-22-16-23-15-20(4)31(11-7-12-32)27(23)24(17-22)28(29)33/h8-9,15-19,30,32H,5-7,10-14H2,1-4H3,(H2,29,33)/t19-/m1/s1. The smallest absolute Gasteiger partial charge is 0.250 e. The van der Waals surface area contributed by atoms with E-state index in [4.69, 9.17) is 15.2 Å². The Kier molecular flexibility index (Phi) is 9.57. The summed E-state index contributed by atoms with van der Waals surface area (Å²) in [6.45, 7) is 10.8. The topological polar surface area (TPSA) is 98.7 Å². The zero-order chi connectivity index (χ0) is 25.4. The zero-order valence-electron chi connectivity index (χ0n) is 21.4. The van der Waals surface area contributed by atoms with Gasteiger partial charge in [-0.05, 0) is 81.5 Å². The van der Waals surface area contributed by atoms with E-state index in [1.165, 1.54) is 5.56 Å². The molecule has 1 heterocycles. The fraction of sp³-hybridized carbons (Fsp3) is 0.464. The molecule has 0 fully saturated rings. The first kappa shape index (κ1) is 26.6. The van der Waals surface area contributed by atoms with E-state index < -0.39 is 5.91 Å². The number of hydrogen-bond donors (Lipinski definition) is 3. The molecule has 3 rings (SSSR count).